The summed E-state index contributed by atoms with van der Waals surface area (Å²) in [5, 5.41) is 14.5. The molecule has 0 aliphatic carbocycles. The number of carbonyl (C=O) groups excluding carboxylic acids is 2. The Morgan fingerprint density at radius 2 is 1.80 bits per heavy atom. The van der Waals surface area contributed by atoms with Gasteiger partial charge in [-0.05, 0) is 38.1 Å². The summed E-state index contributed by atoms with van der Waals surface area (Å²) in [6.45, 7) is 4.15. The van der Waals surface area contributed by atoms with E-state index in [0.717, 1.165) is 5.69 Å². The Hall–Kier alpha value is -3.76. The third kappa shape index (κ3) is 5.18. The number of benzene rings is 1. The molecule has 2 N–H and O–H groups in total. The Balaban J connectivity index is 1.46. The molecule has 2 amide bonds. The first kappa shape index (κ1) is 24.4. The van der Waals surface area contributed by atoms with Crippen molar-refractivity contribution in [1.29, 1.82) is 0 Å². The molecule has 0 atom stereocenters. The summed E-state index contributed by atoms with van der Waals surface area (Å²) < 4.78 is 14.4. The van der Waals surface area contributed by atoms with E-state index in [2.05, 4.69) is 20.8 Å². The number of furan rings is 1. The summed E-state index contributed by atoms with van der Waals surface area (Å²) in [4.78, 5) is 25.8. The quantitative estimate of drug-likeness (QED) is 0.343. The van der Waals surface area contributed by atoms with E-state index in [-0.39, 0.29) is 23.7 Å². The molecule has 0 spiro atoms. The zero-order chi connectivity index (χ0) is 25.1. The molecule has 0 fully saturated rings. The molecule has 182 valence electrons. The lowest BCUT2D eigenvalue weighted by atomic mass is 10.3. The normalized spacial score (nSPS) is 10.9. The number of hydrogen-bond acceptors (Lipinski definition) is 6. The number of rotatable bonds is 8. The standard InChI is InChI=1S/C23H22Cl2N6O4/c1-4-31-21(23(33)28-16-10-26-30(3)13(16)2)17(11-27-31)29-22(32)19-9-8-14(35-19)12-34-18-7-5-6-15(24)20(18)25/h5-11H,4,12H2,1-3H3,(H,28,33)(H,29,32). The lowest BCUT2D eigenvalue weighted by Gasteiger charge is -2.09. The van der Waals surface area contributed by atoms with Gasteiger partial charge in [-0.15, -0.1) is 0 Å². The zero-order valence-corrected chi connectivity index (χ0v) is 20.6. The van der Waals surface area contributed by atoms with E-state index in [9.17, 15) is 9.59 Å². The van der Waals surface area contributed by atoms with Gasteiger partial charge in [0.15, 0.2) is 5.76 Å². The van der Waals surface area contributed by atoms with E-state index in [1.807, 2.05) is 13.8 Å². The van der Waals surface area contributed by atoms with E-state index in [4.69, 9.17) is 32.4 Å². The molecule has 0 aliphatic rings. The number of anilines is 2. The van der Waals surface area contributed by atoms with Crippen molar-refractivity contribution in [3.63, 3.8) is 0 Å². The summed E-state index contributed by atoms with van der Waals surface area (Å²) in [6.07, 6.45) is 2.97. The van der Waals surface area contributed by atoms with Gasteiger partial charge in [0.05, 0.1) is 34.5 Å². The Labute approximate surface area is 210 Å². The van der Waals surface area contributed by atoms with Crippen LogP contribution in [-0.2, 0) is 20.2 Å². The molecule has 4 aromatic rings. The fourth-order valence-corrected chi connectivity index (χ4v) is 3.61. The molecular weight excluding hydrogens is 495 g/mol. The Kier molecular flexibility index (Phi) is 7.13. The first-order chi connectivity index (χ1) is 16.8. The number of amides is 2. The van der Waals surface area contributed by atoms with Gasteiger partial charge in [0, 0.05) is 13.6 Å². The molecule has 4 rings (SSSR count). The van der Waals surface area contributed by atoms with Crippen molar-refractivity contribution >= 4 is 46.4 Å². The molecule has 0 aliphatic heterocycles. The average molecular weight is 517 g/mol. The summed E-state index contributed by atoms with van der Waals surface area (Å²) in [6, 6.07) is 8.16. The van der Waals surface area contributed by atoms with Crippen LogP contribution >= 0.6 is 23.2 Å². The highest BCUT2D eigenvalue weighted by Crippen LogP contribution is 2.32. The van der Waals surface area contributed by atoms with Crippen LogP contribution in [0.4, 0.5) is 11.4 Å². The largest absolute Gasteiger partial charge is 0.484 e. The van der Waals surface area contributed by atoms with E-state index < -0.39 is 11.8 Å². The van der Waals surface area contributed by atoms with Crippen molar-refractivity contribution in [1.82, 2.24) is 19.6 Å². The Morgan fingerprint density at radius 3 is 2.51 bits per heavy atom. The van der Waals surface area contributed by atoms with Crippen LogP contribution in [0.5, 0.6) is 5.75 Å². The van der Waals surface area contributed by atoms with Gasteiger partial charge in [0.1, 0.15) is 28.8 Å². The van der Waals surface area contributed by atoms with Crippen LogP contribution in [0.25, 0.3) is 0 Å². The van der Waals surface area contributed by atoms with Crippen LogP contribution in [0, 0.1) is 6.92 Å². The van der Waals surface area contributed by atoms with Gasteiger partial charge in [-0.3, -0.25) is 19.0 Å². The smallest absolute Gasteiger partial charge is 0.291 e. The SMILES string of the molecule is CCn1ncc(NC(=O)c2ccc(COc3cccc(Cl)c3Cl)o2)c1C(=O)Nc1cnn(C)c1C. The minimum Gasteiger partial charge on any atom is -0.484 e. The molecule has 10 nitrogen and oxygen atoms in total. The number of aryl methyl sites for hydroxylation is 2. The number of aromatic nitrogens is 4. The highest BCUT2D eigenvalue weighted by molar-refractivity contribution is 6.42. The molecule has 3 aromatic heterocycles. The van der Waals surface area contributed by atoms with E-state index >= 15 is 0 Å². The lowest BCUT2D eigenvalue weighted by molar-refractivity contribution is 0.0992. The van der Waals surface area contributed by atoms with Crippen molar-refractivity contribution in [2.24, 2.45) is 7.05 Å². The maximum atomic E-state index is 13.0. The maximum Gasteiger partial charge on any atom is 0.291 e. The lowest BCUT2D eigenvalue weighted by Crippen LogP contribution is -2.21. The molecule has 0 bridgehead atoms. The van der Waals surface area contributed by atoms with E-state index in [1.165, 1.54) is 16.9 Å². The second-order valence-corrected chi connectivity index (χ2v) is 8.29. The van der Waals surface area contributed by atoms with Crippen molar-refractivity contribution in [3.05, 3.63) is 75.7 Å². The average Bonchev–Trinajstić information content (AvgIpc) is 3.55. The van der Waals surface area contributed by atoms with Crippen molar-refractivity contribution in [3.8, 4) is 5.75 Å². The maximum absolute atomic E-state index is 13.0. The monoisotopic (exact) mass is 516 g/mol. The fourth-order valence-electron chi connectivity index (χ4n) is 3.26. The van der Waals surface area contributed by atoms with E-state index in [0.29, 0.717) is 33.8 Å². The summed E-state index contributed by atoms with van der Waals surface area (Å²) in [5.41, 5.74) is 1.80. The minimum atomic E-state index is -0.542. The third-order valence-electron chi connectivity index (χ3n) is 5.26. The highest BCUT2D eigenvalue weighted by Gasteiger charge is 2.22. The van der Waals surface area contributed by atoms with Gasteiger partial charge in [-0.2, -0.15) is 10.2 Å². The molecule has 12 heteroatoms. The Bertz CT molecular complexity index is 1390. The topological polar surface area (TPSA) is 116 Å². The third-order valence-corrected chi connectivity index (χ3v) is 6.06. The van der Waals surface area contributed by atoms with Gasteiger partial charge in [-0.1, -0.05) is 29.3 Å². The number of hydrogen-bond donors (Lipinski definition) is 2. The predicted molar refractivity (Wildman–Crippen MR) is 131 cm³/mol. The van der Waals surface area contributed by atoms with Crippen LogP contribution in [0.3, 0.4) is 0 Å². The number of carbonyl (C=O) groups is 2. The van der Waals surface area contributed by atoms with Crippen LogP contribution in [0.2, 0.25) is 10.0 Å². The van der Waals surface area contributed by atoms with Crippen LogP contribution in [0.15, 0.2) is 47.1 Å². The number of halogens is 2. The van der Waals surface area contributed by atoms with Gasteiger partial charge >= 0.3 is 0 Å². The summed E-state index contributed by atoms with van der Waals surface area (Å²) >= 11 is 12.1. The zero-order valence-electron chi connectivity index (χ0n) is 19.1. The van der Waals surface area contributed by atoms with Crippen molar-refractivity contribution in [2.75, 3.05) is 10.6 Å². The van der Waals surface area contributed by atoms with E-state index in [1.54, 1.807) is 42.2 Å². The van der Waals surface area contributed by atoms with Crippen molar-refractivity contribution in [2.45, 2.75) is 27.0 Å². The highest BCUT2D eigenvalue weighted by atomic mass is 35.5. The van der Waals surface area contributed by atoms with Gasteiger partial charge in [0.2, 0.25) is 0 Å². The predicted octanol–water partition coefficient (Wildman–Crippen LogP) is 4.93. The fraction of sp³-hybridized carbons (Fsp3) is 0.217. The van der Waals surface area contributed by atoms with Gasteiger partial charge < -0.3 is 19.8 Å². The van der Waals surface area contributed by atoms with Crippen LogP contribution in [0.1, 0.15) is 39.4 Å². The molecule has 0 unspecified atom stereocenters. The minimum absolute atomic E-state index is 0.0409. The molecule has 35 heavy (non-hydrogen) atoms. The van der Waals surface area contributed by atoms with Gasteiger partial charge in [-0.25, -0.2) is 0 Å². The second kappa shape index (κ2) is 10.2. The molecular formula is C23H22Cl2N6O4. The van der Waals surface area contributed by atoms with Gasteiger partial charge in [0.25, 0.3) is 11.8 Å². The summed E-state index contributed by atoms with van der Waals surface area (Å²) in [7, 11) is 1.78. The number of nitrogens with zero attached hydrogens (tertiary/aromatic N) is 4. The molecule has 0 saturated heterocycles. The molecule has 3 heterocycles. The van der Waals surface area contributed by atoms with Crippen LogP contribution in [-0.4, -0.2) is 31.4 Å². The molecule has 1 aromatic carbocycles. The first-order valence-electron chi connectivity index (χ1n) is 10.6. The summed E-state index contributed by atoms with van der Waals surface area (Å²) in [5.74, 6) is -0.130. The molecule has 0 saturated carbocycles. The van der Waals surface area contributed by atoms with Crippen molar-refractivity contribution < 1.29 is 18.7 Å². The number of nitrogens with one attached hydrogen (secondary N) is 2. The first-order valence-corrected chi connectivity index (χ1v) is 11.4. The number of ether oxygens (including phenoxy) is 1. The second-order valence-electron chi connectivity index (χ2n) is 7.50. The molecule has 0 radical (unpaired) electrons. The Morgan fingerprint density at radius 1 is 1.06 bits per heavy atom. The van der Waals surface area contributed by atoms with Crippen LogP contribution < -0.4 is 15.4 Å².